The molecule has 2 heteroatoms. The second kappa shape index (κ2) is 3.05. The Labute approximate surface area is 76.9 Å². The molecule has 0 radical (unpaired) electrons. The maximum atomic E-state index is 5.30. The molecule has 0 saturated heterocycles. The van der Waals surface area contributed by atoms with Crippen molar-refractivity contribution in [2.75, 3.05) is 0 Å². The van der Waals surface area contributed by atoms with Gasteiger partial charge in [0.15, 0.2) is 12.0 Å². The van der Waals surface area contributed by atoms with Crippen LogP contribution in [-0.4, -0.2) is 4.98 Å². The van der Waals surface area contributed by atoms with Gasteiger partial charge >= 0.3 is 0 Å². The van der Waals surface area contributed by atoms with Crippen LogP contribution in [-0.2, 0) is 6.42 Å². The van der Waals surface area contributed by atoms with Crippen LogP contribution in [0.3, 0.4) is 0 Å². The van der Waals surface area contributed by atoms with E-state index in [-0.39, 0.29) is 0 Å². The summed E-state index contributed by atoms with van der Waals surface area (Å²) in [6, 6.07) is 4.08. The molecule has 0 bridgehead atoms. The van der Waals surface area contributed by atoms with E-state index < -0.39 is 0 Å². The largest absolute Gasteiger partial charge is 0.443 e. The van der Waals surface area contributed by atoms with Gasteiger partial charge in [-0.25, -0.2) is 4.98 Å². The van der Waals surface area contributed by atoms with E-state index in [2.05, 4.69) is 24.6 Å². The highest BCUT2D eigenvalue weighted by atomic mass is 16.3. The van der Waals surface area contributed by atoms with Crippen molar-refractivity contribution in [2.24, 2.45) is 0 Å². The van der Waals surface area contributed by atoms with E-state index in [1.807, 2.05) is 6.07 Å². The van der Waals surface area contributed by atoms with Crippen molar-refractivity contribution in [3.63, 3.8) is 0 Å². The summed E-state index contributed by atoms with van der Waals surface area (Å²) in [6.07, 6.45) is 4.24. The Bertz CT molecular complexity index is 442. The van der Waals surface area contributed by atoms with Gasteiger partial charge in [0.1, 0.15) is 5.52 Å². The number of fused-ring (bicyclic) bond motifs is 1. The smallest absolute Gasteiger partial charge is 0.182 e. The van der Waals surface area contributed by atoms with E-state index in [9.17, 15) is 0 Å². The van der Waals surface area contributed by atoms with Crippen LogP contribution >= 0.6 is 0 Å². The molecule has 66 valence electrons. The number of rotatable bonds is 2. The molecule has 2 aromatic rings. The predicted molar refractivity (Wildman–Crippen MR) is 53.5 cm³/mol. The summed E-state index contributed by atoms with van der Waals surface area (Å²) in [6.45, 7) is 5.84. The molecule has 0 saturated carbocycles. The lowest BCUT2D eigenvalue weighted by atomic mass is 10.1. The Morgan fingerprint density at radius 2 is 2.38 bits per heavy atom. The van der Waals surface area contributed by atoms with E-state index in [4.69, 9.17) is 4.42 Å². The lowest BCUT2D eigenvalue weighted by Crippen LogP contribution is -1.84. The molecule has 1 aromatic heterocycles. The number of aromatic nitrogens is 1. The Kier molecular flexibility index (Phi) is 1.89. The Morgan fingerprint density at radius 1 is 1.54 bits per heavy atom. The van der Waals surface area contributed by atoms with Crippen molar-refractivity contribution in [1.29, 1.82) is 0 Å². The second-order valence-electron chi connectivity index (χ2n) is 2.90. The van der Waals surface area contributed by atoms with Crippen molar-refractivity contribution < 1.29 is 4.42 Å². The molecule has 13 heavy (non-hydrogen) atoms. The summed E-state index contributed by atoms with van der Waals surface area (Å²) in [4.78, 5) is 4.18. The van der Waals surface area contributed by atoms with E-state index in [1.165, 1.54) is 12.0 Å². The molecule has 1 aromatic carbocycles. The van der Waals surface area contributed by atoms with Gasteiger partial charge in [-0.2, -0.15) is 0 Å². The van der Waals surface area contributed by atoms with Crippen LogP contribution < -0.4 is 0 Å². The summed E-state index contributed by atoms with van der Waals surface area (Å²) in [5.74, 6) is 0. The molecule has 0 aliphatic carbocycles. The van der Waals surface area contributed by atoms with Gasteiger partial charge in [0, 0.05) is 5.56 Å². The number of hydrogen-bond acceptors (Lipinski definition) is 2. The van der Waals surface area contributed by atoms with Crippen molar-refractivity contribution in [2.45, 2.75) is 13.3 Å². The average molecular weight is 173 g/mol. The lowest BCUT2D eigenvalue weighted by molar-refractivity contribution is 0.601. The normalized spacial score (nSPS) is 10.5. The SMILES string of the molecule is C=Cc1ccc(CC)c2ncoc12. The van der Waals surface area contributed by atoms with Gasteiger partial charge < -0.3 is 4.42 Å². The molecular formula is C11H11NO. The monoisotopic (exact) mass is 173 g/mol. The Morgan fingerprint density at radius 3 is 3.08 bits per heavy atom. The van der Waals surface area contributed by atoms with Crippen LogP contribution in [0.5, 0.6) is 0 Å². The fourth-order valence-corrected chi connectivity index (χ4v) is 1.47. The summed E-state index contributed by atoms with van der Waals surface area (Å²) in [5, 5.41) is 0. The molecule has 1 heterocycles. The van der Waals surface area contributed by atoms with Gasteiger partial charge in [-0.1, -0.05) is 31.7 Å². The standard InChI is InChI=1S/C11H11NO/c1-3-8-5-6-9(4-2)11-10(8)12-7-13-11/h4-7H,2-3H2,1H3. The zero-order valence-corrected chi connectivity index (χ0v) is 7.58. The van der Waals surface area contributed by atoms with Crippen molar-refractivity contribution >= 4 is 17.2 Å². The van der Waals surface area contributed by atoms with Gasteiger partial charge in [0.05, 0.1) is 0 Å². The van der Waals surface area contributed by atoms with Crippen molar-refractivity contribution in [1.82, 2.24) is 4.98 Å². The average Bonchev–Trinajstić information content (AvgIpc) is 2.64. The van der Waals surface area contributed by atoms with E-state index in [1.54, 1.807) is 6.08 Å². The minimum atomic E-state index is 0.842. The summed E-state index contributed by atoms with van der Waals surface area (Å²) in [7, 11) is 0. The molecule has 0 fully saturated rings. The minimum Gasteiger partial charge on any atom is -0.443 e. The third-order valence-corrected chi connectivity index (χ3v) is 2.20. The summed E-state index contributed by atoms with van der Waals surface area (Å²) >= 11 is 0. The maximum absolute atomic E-state index is 5.30. The molecule has 0 N–H and O–H groups in total. The molecule has 0 aliphatic heterocycles. The number of aryl methyl sites for hydroxylation is 1. The van der Waals surface area contributed by atoms with Crippen LogP contribution in [0.4, 0.5) is 0 Å². The summed E-state index contributed by atoms with van der Waals surface area (Å²) < 4.78 is 5.30. The van der Waals surface area contributed by atoms with Crippen molar-refractivity contribution in [3.8, 4) is 0 Å². The highest BCUT2D eigenvalue weighted by Gasteiger charge is 2.06. The first-order chi connectivity index (χ1) is 6.36. The first-order valence-corrected chi connectivity index (χ1v) is 4.34. The zero-order chi connectivity index (χ0) is 9.26. The third kappa shape index (κ3) is 1.15. The fourth-order valence-electron chi connectivity index (χ4n) is 1.47. The van der Waals surface area contributed by atoms with Crippen LogP contribution in [0, 0.1) is 0 Å². The topological polar surface area (TPSA) is 26.0 Å². The first kappa shape index (κ1) is 8.05. The first-order valence-electron chi connectivity index (χ1n) is 4.34. The zero-order valence-electron chi connectivity index (χ0n) is 7.58. The van der Waals surface area contributed by atoms with Crippen molar-refractivity contribution in [3.05, 3.63) is 36.2 Å². The maximum Gasteiger partial charge on any atom is 0.182 e. The Hall–Kier alpha value is -1.57. The van der Waals surface area contributed by atoms with E-state index in [0.717, 1.165) is 23.1 Å². The van der Waals surface area contributed by atoms with Gasteiger partial charge in [-0.3, -0.25) is 0 Å². The molecular weight excluding hydrogens is 162 g/mol. The number of oxazole rings is 1. The van der Waals surface area contributed by atoms with Crippen LogP contribution in [0.25, 0.3) is 17.2 Å². The minimum absolute atomic E-state index is 0.842. The molecule has 0 amide bonds. The molecule has 0 atom stereocenters. The molecule has 0 aliphatic rings. The molecule has 2 rings (SSSR count). The number of benzene rings is 1. The van der Waals surface area contributed by atoms with Gasteiger partial charge in [0.25, 0.3) is 0 Å². The Balaban J connectivity index is 2.81. The van der Waals surface area contributed by atoms with Gasteiger partial charge in [-0.15, -0.1) is 0 Å². The highest BCUT2D eigenvalue weighted by molar-refractivity contribution is 5.84. The lowest BCUT2D eigenvalue weighted by Gasteiger charge is -1.99. The number of hydrogen-bond donors (Lipinski definition) is 0. The van der Waals surface area contributed by atoms with Gasteiger partial charge in [-0.05, 0) is 12.0 Å². The molecule has 2 nitrogen and oxygen atoms in total. The van der Waals surface area contributed by atoms with Crippen LogP contribution in [0.2, 0.25) is 0 Å². The quantitative estimate of drug-likeness (QED) is 0.697. The fraction of sp³-hybridized carbons (Fsp3) is 0.182. The van der Waals surface area contributed by atoms with Crippen LogP contribution in [0.1, 0.15) is 18.1 Å². The van der Waals surface area contributed by atoms with E-state index >= 15 is 0 Å². The predicted octanol–water partition coefficient (Wildman–Crippen LogP) is 3.03. The number of nitrogens with zero attached hydrogens (tertiary/aromatic N) is 1. The van der Waals surface area contributed by atoms with Gasteiger partial charge in [0.2, 0.25) is 0 Å². The molecule has 0 unspecified atom stereocenters. The van der Waals surface area contributed by atoms with Crippen LogP contribution in [0.15, 0.2) is 29.5 Å². The third-order valence-electron chi connectivity index (χ3n) is 2.20. The molecule has 0 spiro atoms. The highest BCUT2D eigenvalue weighted by Crippen LogP contribution is 2.22. The summed E-state index contributed by atoms with van der Waals surface area (Å²) in [5.41, 5.74) is 4.02. The second-order valence-corrected chi connectivity index (χ2v) is 2.90. The van der Waals surface area contributed by atoms with E-state index in [0.29, 0.717) is 0 Å².